The Bertz CT molecular complexity index is 602. The molecule has 1 aromatic rings. The summed E-state index contributed by atoms with van der Waals surface area (Å²) in [5, 5.41) is 7.13. The molecular formula is C16H21ClF2O8. The SMILES string of the molecule is COCCOCOc1cc(C(Cl)C(=O)O)c(F)c(F)c1OCOCCOC. The zero-order valence-electron chi connectivity index (χ0n) is 14.8. The van der Waals surface area contributed by atoms with E-state index >= 15 is 0 Å². The molecule has 1 aromatic carbocycles. The smallest absolute Gasteiger partial charge is 0.326 e. The lowest BCUT2D eigenvalue weighted by Gasteiger charge is -2.17. The molecule has 0 radical (unpaired) electrons. The predicted octanol–water partition coefficient (Wildman–Crippen LogP) is 2.33. The number of aliphatic carboxylic acids is 1. The van der Waals surface area contributed by atoms with Crippen LogP contribution in [0.2, 0.25) is 0 Å². The fraction of sp³-hybridized carbons (Fsp3) is 0.562. The van der Waals surface area contributed by atoms with Crippen LogP contribution in [0.4, 0.5) is 8.78 Å². The number of benzene rings is 1. The third-order valence-corrected chi connectivity index (χ3v) is 3.52. The van der Waals surface area contributed by atoms with Crippen LogP contribution in [0, 0.1) is 11.6 Å². The Hall–Kier alpha value is -1.72. The molecule has 0 aliphatic carbocycles. The van der Waals surface area contributed by atoms with Gasteiger partial charge in [-0.15, -0.1) is 11.6 Å². The van der Waals surface area contributed by atoms with Gasteiger partial charge in [-0.2, -0.15) is 4.39 Å². The quantitative estimate of drug-likeness (QED) is 0.282. The third-order valence-electron chi connectivity index (χ3n) is 3.09. The van der Waals surface area contributed by atoms with E-state index in [-0.39, 0.29) is 32.4 Å². The number of hydrogen-bond donors (Lipinski definition) is 1. The maximum Gasteiger partial charge on any atom is 0.326 e. The standard InChI is InChI=1S/C16H21ClF2O8/c1-22-3-5-24-8-26-11-7-10(12(17)16(20)21)13(18)14(19)15(11)27-9-25-6-4-23-2/h7,12H,3-6,8-9H2,1-2H3,(H,20,21). The lowest BCUT2D eigenvalue weighted by Crippen LogP contribution is -2.14. The highest BCUT2D eigenvalue weighted by Gasteiger charge is 2.28. The van der Waals surface area contributed by atoms with Gasteiger partial charge in [0, 0.05) is 19.8 Å². The molecule has 1 atom stereocenters. The number of rotatable bonds is 14. The van der Waals surface area contributed by atoms with Gasteiger partial charge >= 0.3 is 5.97 Å². The molecule has 1 rings (SSSR count). The predicted molar refractivity (Wildman–Crippen MR) is 89.2 cm³/mol. The maximum atomic E-state index is 14.4. The van der Waals surface area contributed by atoms with Crippen molar-refractivity contribution in [3.8, 4) is 11.5 Å². The largest absolute Gasteiger partial charge is 0.480 e. The normalized spacial score (nSPS) is 12.0. The topological polar surface area (TPSA) is 92.7 Å². The molecule has 1 N–H and O–H groups in total. The minimum Gasteiger partial charge on any atom is -0.480 e. The van der Waals surface area contributed by atoms with Crippen LogP contribution < -0.4 is 9.47 Å². The molecule has 0 saturated heterocycles. The molecule has 0 aliphatic rings. The first kappa shape index (κ1) is 23.3. The summed E-state index contributed by atoms with van der Waals surface area (Å²) in [5.41, 5.74) is -0.610. The van der Waals surface area contributed by atoms with Crippen LogP contribution in [0.3, 0.4) is 0 Å². The number of hydrogen-bond acceptors (Lipinski definition) is 7. The van der Waals surface area contributed by atoms with E-state index in [2.05, 4.69) is 0 Å². The molecule has 0 bridgehead atoms. The van der Waals surface area contributed by atoms with E-state index in [0.717, 1.165) is 6.07 Å². The van der Waals surface area contributed by atoms with Crippen molar-refractivity contribution in [2.24, 2.45) is 0 Å². The summed E-state index contributed by atoms with van der Waals surface area (Å²) in [6, 6.07) is 0.939. The highest BCUT2D eigenvalue weighted by molar-refractivity contribution is 6.29. The highest BCUT2D eigenvalue weighted by Crippen LogP contribution is 2.38. The number of alkyl halides is 1. The zero-order chi connectivity index (χ0) is 20.2. The number of ether oxygens (including phenoxy) is 6. The second-order valence-corrected chi connectivity index (χ2v) is 5.38. The van der Waals surface area contributed by atoms with Crippen molar-refractivity contribution in [2.75, 3.05) is 54.2 Å². The van der Waals surface area contributed by atoms with Crippen LogP contribution in [0.25, 0.3) is 0 Å². The molecule has 1 unspecified atom stereocenters. The number of carboxylic acids is 1. The first-order valence-electron chi connectivity index (χ1n) is 7.71. The average molecular weight is 415 g/mol. The monoisotopic (exact) mass is 414 g/mol. The Kier molecular flexibility index (Phi) is 10.9. The fourth-order valence-corrected chi connectivity index (χ4v) is 1.93. The Morgan fingerprint density at radius 2 is 1.59 bits per heavy atom. The molecule has 0 amide bonds. The number of halogens is 3. The molecule has 0 aliphatic heterocycles. The highest BCUT2D eigenvalue weighted by atomic mass is 35.5. The third kappa shape index (κ3) is 7.43. The summed E-state index contributed by atoms with van der Waals surface area (Å²) in [6.07, 6.45) is 0. The van der Waals surface area contributed by atoms with Crippen molar-refractivity contribution in [1.29, 1.82) is 0 Å². The van der Waals surface area contributed by atoms with E-state index in [0.29, 0.717) is 6.61 Å². The summed E-state index contributed by atoms with van der Waals surface area (Å²) < 4.78 is 58.6. The van der Waals surface area contributed by atoms with Crippen molar-refractivity contribution < 1.29 is 47.1 Å². The maximum absolute atomic E-state index is 14.4. The summed E-state index contributed by atoms with van der Waals surface area (Å²) in [7, 11) is 2.95. The van der Waals surface area contributed by atoms with Crippen LogP contribution in [0.1, 0.15) is 10.9 Å². The van der Waals surface area contributed by atoms with E-state index in [9.17, 15) is 13.6 Å². The molecule has 27 heavy (non-hydrogen) atoms. The average Bonchev–Trinajstić information content (AvgIpc) is 2.65. The van der Waals surface area contributed by atoms with Gasteiger partial charge in [0.1, 0.15) is 0 Å². The summed E-state index contributed by atoms with van der Waals surface area (Å²) in [5.74, 6) is -5.35. The van der Waals surface area contributed by atoms with E-state index in [1.54, 1.807) is 0 Å². The lowest BCUT2D eigenvalue weighted by atomic mass is 10.1. The van der Waals surface area contributed by atoms with Crippen molar-refractivity contribution >= 4 is 17.6 Å². The van der Waals surface area contributed by atoms with Gasteiger partial charge in [-0.05, 0) is 6.07 Å². The zero-order valence-corrected chi connectivity index (χ0v) is 15.6. The second-order valence-electron chi connectivity index (χ2n) is 4.95. The lowest BCUT2D eigenvalue weighted by molar-refractivity contribution is -0.136. The second kappa shape index (κ2) is 12.6. The first-order chi connectivity index (χ1) is 12.9. The van der Waals surface area contributed by atoms with Crippen LogP contribution in [-0.2, 0) is 23.7 Å². The summed E-state index contributed by atoms with van der Waals surface area (Å²) in [6.45, 7) is 0.181. The molecule has 0 aromatic heterocycles. The van der Waals surface area contributed by atoms with Gasteiger partial charge < -0.3 is 33.5 Å². The van der Waals surface area contributed by atoms with Gasteiger partial charge in [-0.1, -0.05) is 0 Å². The first-order valence-corrected chi connectivity index (χ1v) is 8.15. The van der Waals surface area contributed by atoms with Crippen molar-refractivity contribution in [3.05, 3.63) is 23.3 Å². The van der Waals surface area contributed by atoms with Crippen LogP contribution in [0.15, 0.2) is 6.07 Å². The van der Waals surface area contributed by atoms with E-state index in [4.69, 9.17) is 45.1 Å². The van der Waals surface area contributed by atoms with Gasteiger partial charge in [-0.3, -0.25) is 4.79 Å². The molecular weight excluding hydrogens is 394 g/mol. The Labute approximate surface area is 159 Å². The van der Waals surface area contributed by atoms with Gasteiger partial charge in [-0.25, -0.2) is 4.39 Å². The summed E-state index contributed by atoms with van der Waals surface area (Å²) in [4.78, 5) is 11.0. The number of carbonyl (C=O) groups is 1. The molecule has 0 heterocycles. The van der Waals surface area contributed by atoms with E-state index in [1.807, 2.05) is 0 Å². The Morgan fingerprint density at radius 3 is 2.11 bits per heavy atom. The fourth-order valence-electron chi connectivity index (χ4n) is 1.77. The van der Waals surface area contributed by atoms with Crippen molar-refractivity contribution in [3.63, 3.8) is 0 Å². The number of carboxylic acid groups (broad SMARTS) is 1. The van der Waals surface area contributed by atoms with Crippen LogP contribution >= 0.6 is 11.6 Å². The van der Waals surface area contributed by atoms with Gasteiger partial charge in [0.05, 0.1) is 26.4 Å². The Morgan fingerprint density at radius 1 is 1.04 bits per heavy atom. The molecule has 0 fully saturated rings. The minimum atomic E-state index is -1.82. The van der Waals surface area contributed by atoms with Crippen LogP contribution in [-0.4, -0.2) is 65.3 Å². The molecule has 0 spiro atoms. The van der Waals surface area contributed by atoms with Crippen molar-refractivity contribution in [1.82, 2.24) is 0 Å². The van der Waals surface area contributed by atoms with E-state index < -0.39 is 41.1 Å². The molecule has 11 heteroatoms. The molecule has 0 saturated carbocycles. The van der Waals surface area contributed by atoms with Crippen molar-refractivity contribution in [2.45, 2.75) is 5.38 Å². The van der Waals surface area contributed by atoms with Gasteiger partial charge in [0.15, 0.2) is 30.5 Å². The molecule has 8 nitrogen and oxygen atoms in total. The summed E-state index contributed by atoms with van der Waals surface area (Å²) >= 11 is 5.62. The number of methoxy groups -OCH3 is 2. The van der Waals surface area contributed by atoms with Gasteiger partial charge in [0.2, 0.25) is 11.6 Å². The molecule has 154 valence electrons. The van der Waals surface area contributed by atoms with Crippen LogP contribution in [0.5, 0.6) is 11.5 Å². The van der Waals surface area contributed by atoms with Gasteiger partial charge in [0.25, 0.3) is 0 Å². The Balaban J connectivity index is 2.98. The minimum absolute atomic E-state index is 0.164. The van der Waals surface area contributed by atoms with E-state index in [1.165, 1.54) is 14.2 Å².